The van der Waals surface area contributed by atoms with E-state index in [1.165, 1.54) is 5.56 Å². The van der Waals surface area contributed by atoms with Crippen LogP contribution in [0.2, 0.25) is 0 Å². The molecule has 0 spiro atoms. The Morgan fingerprint density at radius 3 is 2.10 bits per heavy atom. The van der Waals surface area contributed by atoms with Gasteiger partial charge in [0.25, 0.3) is 5.91 Å². The standard InChI is InChI=1S/C24H34N4O3/c1-26(2)20-8-6-18(7-9-20)23(28-12-10-27(3)11-13-28)17-25-24(29)19-14-21(30-4)16-22(15-19)31-5/h6-9,14-16,23H,10-13,17H2,1-5H3,(H,25,29)/t23-/m1/s1. The molecule has 31 heavy (non-hydrogen) atoms. The van der Waals surface area contributed by atoms with Crippen LogP contribution in [0.4, 0.5) is 5.69 Å². The van der Waals surface area contributed by atoms with Gasteiger partial charge in [0.2, 0.25) is 0 Å². The molecule has 0 radical (unpaired) electrons. The summed E-state index contributed by atoms with van der Waals surface area (Å²) < 4.78 is 10.6. The number of rotatable bonds is 8. The predicted octanol–water partition coefficient (Wildman–Crippen LogP) is 2.49. The van der Waals surface area contributed by atoms with Crippen molar-refractivity contribution in [3.05, 3.63) is 53.6 Å². The van der Waals surface area contributed by atoms with E-state index >= 15 is 0 Å². The highest BCUT2D eigenvalue weighted by molar-refractivity contribution is 5.95. The molecule has 1 aliphatic rings. The summed E-state index contributed by atoms with van der Waals surface area (Å²) in [6.07, 6.45) is 0. The van der Waals surface area contributed by atoms with E-state index in [0.29, 0.717) is 23.6 Å². The summed E-state index contributed by atoms with van der Waals surface area (Å²) in [5, 5.41) is 3.13. The molecule has 2 aromatic rings. The van der Waals surface area contributed by atoms with Gasteiger partial charge in [0.05, 0.1) is 20.3 Å². The topological polar surface area (TPSA) is 57.3 Å². The first-order valence-electron chi connectivity index (χ1n) is 10.6. The fraction of sp³-hybridized carbons (Fsp3) is 0.458. The molecule has 0 saturated carbocycles. The molecule has 1 fully saturated rings. The zero-order valence-corrected chi connectivity index (χ0v) is 19.2. The molecule has 1 saturated heterocycles. The maximum Gasteiger partial charge on any atom is 0.251 e. The fourth-order valence-electron chi connectivity index (χ4n) is 3.82. The van der Waals surface area contributed by atoms with Gasteiger partial charge in [-0.15, -0.1) is 0 Å². The lowest BCUT2D eigenvalue weighted by Gasteiger charge is -2.38. The Labute approximate surface area is 185 Å². The van der Waals surface area contributed by atoms with E-state index in [0.717, 1.165) is 31.9 Å². The van der Waals surface area contributed by atoms with Crippen molar-refractivity contribution >= 4 is 11.6 Å². The maximum atomic E-state index is 12.9. The number of likely N-dealkylation sites (N-methyl/N-ethyl adjacent to an activating group) is 1. The number of hydrogen-bond donors (Lipinski definition) is 1. The Morgan fingerprint density at radius 1 is 1.00 bits per heavy atom. The molecule has 0 unspecified atom stereocenters. The first kappa shape index (κ1) is 22.9. The largest absolute Gasteiger partial charge is 0.497 e. The van der Waals surface area contributed by atoms with Crippen molar-refractivity contribution in [3.63, 3.8) is 0 Å². The Kier molecular flexibility index (Phi) is 7.76. The molecular formula is C24H34N4O3. The van der Waals surface area contributed by atoms with Gasteiger partial charge in [-0.05, 0) is 36.9 Å². The zero-order chi connectivity index (χ0) is 22.4. The quantitative estimate of drug-likeness (QED) is 0.700. The summed E-state index contributed by atoms with van der Waals surface area (Å²) in [4.78, 5) is 19.8. The second-order valence-electron chi connectivity index (χ2n) is 8.15. The lowest BCUT2D eigenvalue weighted by molar-refractivity contribution is 0.0885. The number of nitrogens with zero attached hydrogens (tertiary/aromatic N) is 3. The van der Waals surface area contributed by atoms with Gasteiger partial charge in [-0.25, -0.2) is 0 Å². The third-order valence-corrected chi connectivity index (χ3v) is 5.84. The Morgan fingerprint density at radius 2 is 1.58 bits per heavy atom. The molecule has 1 aliphatic heterocycles. The normalized spacial score (nSPS) is 15.9. The summed E-state index contributed by atoms with van der Waals surface area (Å²) in [7, 11) is 9.38. The molecule has 1 heterocycles. The molecule has 168 valence electrons. The molecular weight excluding hydrogens is 392 g/mol. The van der Waals surface area contributed by atoms with Crippen molar-refractivity contribution < 1.29 is 14.3 Å². The molecule has 0 aliphatic carbocycles. The van der Waals surface area contributed by atoms with Crippen LogP contribution in [0, 0.1) is 0 Å². The van der Waals surface area contributed by atoms with Crippen LogP contribution in [0.3, 0.4) is 0 Å². The monoisotopic (exact) mass is 426 g/mol. The smallest absolute Gasteiger partial charge is 0.251 e. The number of anilines is 1. The average molecular weight is 427 g/mol. The molecule has 7 nitrogen and oxygen atoms in total. The highest BCUT2D eigenvalue weighted by atomic mass is 16.5. The van der Waals surface area contributed by atoms with Crippen LogP contribution in [-0.4, -0.2) is 83.8 Å². The van der Waals surface area contributed by atoms with Crippen LogP contribution in [0.25, 0.3) is 0 Å². The average Bonchev–Trinajstić information content (AvgIpc) is 2.80. The van der Waals surface area contributed by atoms with Crippen molar-refractivity contribution in [2.75, 3.05) is 73.0 Å². The summed E-state index contributed by atoms with van der Waals surface area (Å²) in [6, 6.07) is 13.9. The van der Waals surface area contributed by atoms with Gasteiger partial charge in [0, 0.05) is 64.1 Å². The van der Waals surface area contributed by atoms with Crippen molar-refractivity contribution in [1.82, 2.24) is 15.1 Å². The molecule has 2 aromatic carbocycles. The number of hydrogen-bond acceptors (Lipinski definition) is 6. The summed E-state index contributed by atoms with van der Waals surface area (Å²) in [6.45, 7) is 4.52. The van der Waals surface area contributed by atoms with E-state index in [4.69, 9.17) is 9.47 Å². The maximum absolute atomic E-state index is 12.9. The Bertz CT molecular complexity index is 839. The van der Waals surface area contributed by atoms with Crippen molar-refractivity contribution in [3.8, 4) is 11.5 Å². The number of methoxy groups -OCH3 is 2. The molecule has 1 N–H and O–H groups in total. The molecule has 0 bridgehead atoms. The summed E-state index contributed by atoms with van der Waals surface area (Å²) in [5.41, 5.74) is 2.89. The minimum Gasteiger partial charge on any atom is -0.497 e. The van der Waals surface area contributed by atoms with E-state index in [1.54, 1.807) is 32.4 Å². The highest BCUT2D eigenvalue weighted by Crippen LogP contribution is 2.25. The Hall–Kier alpha value is -2.77. The van der Waals surface area contributed by atoms with Gasteiger partial charge in [-0.2, -0.15) is 0 Å². The third-order valence-electron chi connectivity index (χ3n) is 5.84. The SMILES string of the molecule is COc1cc(OC)cc(C(=O)NC[C@H](c2ccc(N(C)C)cc2)N2CCN(C)CC2)c1. The first-order valence-corrected chi connectivity index (χ1v) is 10.6. The fourth-order valence-corrected chi connectivity index (χ4v) is 3.82. The number of carbonyl (C=O) groups excluding carboxylic acids is 1. The molecule has 0 aromatic heterocycles. The summed E-state index contributed by atoms with van der Waals surface area (Å²) >= 11 is 0. The summed E-state index contributed by atoms with van der Waals surface area (Å²) in [5.74, 6) is 1.06. The van der Waals surface area contributed by atoms with E-state index < -0.39 is 0 Å². The number of carbonyl (C=O) groups is 1. The van der Waals surface area contributed by atoms with Crippen LogP contribution in [0.1, 0.15) is 22.0 Å². The lowest BCUT2D eigenvalue weighted by atomic mass is 10.0. The van der Waals surface area contributed by atoms with Gasteiger partial charge < -0.3 is 24.6 Å². The van der Waals surface area contributed by atoms with E-state index in [-0.39, 0.29) is 11.9 Å². The van der Waals surface area contributed by atoms with Crippen LogP contribution < -0.4 is 19.7 Å². The van der Waals surface area contributed by atoms with Gasteiger partial charge in [-0.3, -0.25) is 9.69 Å². The number of benzene rings is 2. The van der Waals surface area contributed by atoms with Gasteiger partial charge in [0.1, 0.15) is 11.5 Å². The minimum absolute atomic E-state index is 0.112. The second kappa shape index (κ2) is 10.5. The molecule has 3 rings (SSSR count). The number of amides is 1. The minimum atomic E-state index is -0.138. The van der Waals surface area contributed by atoms with Crippen molar-refractivity contribution in [2.45, 2.75) is 6.04 Å². The Balaban J connectivity index is 1.77. The van der Waals surface area contributed by atoms with E-state index in [1.807, 2.05) is 14.1 Å². The number of piperazine rings is 1. The molecule has 1 amide bonds. The van der Waals surface area contributed by atoms with Crippen LogP contribution >= 0.6 is 0 Å². The highest BCUT2D eigenvalue weighted by Gasteiger charge is 2.25. The van der Waals surface area contributed by atoms with Gasteiger partial charge in [-0.1, -0.05) is 12.1 Å². The third kappa shape index (κ3) is 5.89. The number of ether oxygens (including phenoxy) is 2. The van der Waals surface area contributed by atoms with Crippen LogP contribution in [-0.2, 0) is 0 Å². The van der Waals surface area contributed by atoms with Crippen LogP contribution in [0.15, 0.2) is 42.5 Å². The predicted molar refractivity (Wildman–Crippen MR) is 124 cm³/mol. The van der Waals surface area contributed by atoms with E-state index in [9.17, 15) is 4.79 Å². The van der Waals surface area contributed by atoms with Crippen molar-refractivity contribution in [2.24, 2.45) is 0 Å². The van der Waals surface area contributed by atoms with E-state index in [2.05, 4.69) is 51.3 Å². The van der Waals surface area contributed by atoms with Crippen LogP contribution in [0.5, 0.6) is 11.5 Å². The molecule has 1 atom stereocenters. The van der Waals surface area contributed by atoms with Gasteiger partial charge in [0.15, 0.2) is 0 Å². The lowest BCUT2D eigenvalue weighted by Crippen LogP contribution is -2.48. The second-order valence-corrected chi connectivity index (χ2v) is 8.15. The number of nitrogens with one attached hydrogen (secondary N) is 1. The first-order chi connectivity index (χ1) is 14.9. The zero-order valence-electron chi connectivity index (χ0n) is 19.2. The van der Waals surface area contributed by atoms with Crippen molar-refractivity contribution in [1.29, 1.82) is 0 Å². The van der Waals surface area contributed by atoms with Gasteiger partial charge >= 0.3 is 0 Å². The molecule has 7 heteroatoms.